The number of methoxy groups -OCH3 is 1. The second-order valence-electron chi connectivity index (χ2n) is 4.80. The van der Waals surface area contributed by atoms with E-state index in [0.717, 1.165) is 11.1 Å². The van der Waals surface area contributed by atoms with Crippen LogP contribution in [0.1, 0.15) is 33.3 Å². The number of thiophene rings is 1. The summed E-state index contributed by atoms with van der Waals surface area (Å²) in [4.78, 5) is 23.9. The fourth-order valence-electron chi connectivity index (χ4n) is 2.24. The third-order valence-corrected chi connectivity index (χ3v) is 4.20. The molecule has 0 fully saturated rings. The van der Waals surface area contributed by atoms with E-state index in [-0.39, 0.29) is 12.3 Å². The molecule has 116 valence electrons. The number of hydrogen-bond donors (Lipinski definition) is 2. The lowest BCUT2D eigenvalue weighted by Gasteiger charge is -2.19. The third-order valence-electron chi connectivity index (χ3n) is 3.30. The number of carbonyl (C=O) groups excluding carboxylic acids is 1. The molecule has 1 atom stereocenters. The van der Waals surface area contributed by atoms with Crippen LogP contribution in [0.5, 0.6) is 5.75 Å². The lowest BCUT2D eigenvalue weighted by molar-refractivity contribution is -0.137. The average Bonchev–Trinajstić information content (AvgIpc) is 2.95. The summed E-state index contributed by atoms with van der Waals surface area (Å²) in [6.07, 6.45) is -0.176. The lowest BCUT2D eigenvalue weighted by Crippen LogP contribution is -2.30. The van der Waals surface area contributed by atoms with Crippen LogP contribution in [0, 0.1) is 6.92 Å². The molecule has 0 radical (unpaired) electrons. The summed E-state index contributed by atoms with van der Waals surface area (Å²) in [5, 5.41) is 13.7. The van der Waals surface area contributed by atoms with Gasteiger partial charge in [-0.25, -0.2) is 0 Å². The summed E-state index contributed by atoms with van der Waals surface area (Å²) in [5.41, 5.74) is 1.74. The molecule has 1 amide bonds. The average molecular weight is 319 g/mol. The van der Waals surface area contributed by atoms with Gasteiger partial charge in [-0.1, -0.05) is 24.3 Å². The highest BCUT2D eigenvalue weighted by Crippen LogP contribution is 2.26. The fourth-order valence-corrected chi connectivity index (χ4v) is 3.00. The molecule has 1 aromatic heterocycles. The first kappa shape index (κ1) is 16.0. The number of benzene rings is 1. The number of carboxylic acids is 1. The normalized spacial score (nSPS) is 11.7. The van der Waals surface area contributed by atoms with E-state index in [2.05, 4.69) is 5.32 Å². The molecule has 2 rings (SSSR count). The Labute approximate surface area is 132 Å². The lowest BCUT2D eigenvalue weighted by atomic mass is 9.98. The molecule has 0 spiro atoms. The number of rotatable bonds is 6. The van der Waals surface area contributed by atoms with E-state index in [1.807, 2.05) is 31.2 Å². The van der Waals surface area contributed by atoms with Crippen LogP contribution >= 0.6 is 11.3 Å². The molecule has 0 bridgehead atoms. The zero-order valence-corrected chi connectivity index (χ0v) is 13.1. The number of aliphatic carboxylic acids is 1. The molecule has 0 saturated heterocycles. The maximum atomic E-state index is 12.4. The van der Waals surface area contributed by atoms with Crippen molar-refractivity contribution >= 4 is 23.2 Å². The maximum Gasteiger partial charge on any atom is 0.305 e. The van der Waals surface area contributed by atoms with Crippen molar-refractivity contribution in [2.24, 2.45) is 0 Å². The van der Waals surface area contributed by atoms with Crippen LogP contribution in [-0.2, 0) is 4.79 Å². The highest BCUT2D eigenvalue weighted by molar-refractivity contribution is 7.12. The van der Waals surface area contributed by atoms with Gasteiger partial charge in [0.1, 0.15) is 10.6 Å². The van der Waals surface area contributed by atoms with Crippen molar-refractivity contribution in [2.75, 3.05) is 7.11 Å². The van der Waals surface area contributed by atoms with Crippen LogP contribution in [0.25, 0.3) is 0 Å². The van der Waals surface area contributed by atoms with Crippen LogP contribution in [0.15, 0.2) is 35.7 Å². The van der Waals surface area contributed by atoms with Gasteiger partial charge in [0.15, 0.2) is 0 Å². The highest BCUT2D eigenvalue weighted by Gasteiger charge is 2.22. The summed E-state index contributed by atoms with van der Waals surface area (Å²) in [6.45, 7) is 1.89. The minimum atomic E-state index is -0.966. The van der Waals surface area contributed by atoms with Gasteiger partial charge in [-0.2, -0.15) is 0 Å². The summed E-state index contributed by atoms with van der Waals surface area (Å²) >= 11 is 1.26. The van der Waals surface area contributed by atoms with Crippen molar-refractivity contribution in [1.82, 2.24) is 5.32 Å². The van der Waals surface area contributed by atoms with Gasteiger partial charge < -0.3 is 15.2 Å². The van der Waals surface area contributed by atoms with Gasteiger partial charge in [0.2, 0.25) is 0 Å². The number of carbonyl (C=O) groups is 2. The molecule has 2 N–H and O–H groups in total. The van der Waals surface area contributed by atoms with Crippen LogP contribution in [0.4, 0.5) is 0 Å². The highest BCUT2D eigenvalue weighted by atomic mass is 32.1. The van der Waals surface area contributed by atoms with Gasteiger partial charge in [0, 0.05) is 0 Å². The van der Waals surface area contributed by atoms with Gasteiger partial charge >= 0.3 is 5.97 Å². The zero-order valence-electron chi connectivity index (χ0n) is 12.3. The summed E-state index contributed by atoms with van der Waals surface area (Å²) < 4.78 is 5.13. The Hall–Kier alpha value is -2.34. The minimum Gasteiger partial charge on any atom is -0.495 e. The van der Waals surface area contributed by atoms with E-state index in [1.54, 1.807) is 11.4 Å². The molecular weight excluding hydrogens is 302 g/mol. The van der Waals surface area contributed by atoms with Crippen LogP contribution < -0.4 is 10.1 Å². The number of nitrogens with one attached hydrogen (secondary N) is 1. The quantitative estimate of drug-likeness (QED) is 0.858. The number of carboxylic acid groups (broad SMARTS) is 1. The molecule has 1 heterocycles. The molecule has 1 unspecified atom stereocenters. The third kappa shape index (κ3) is 3.65. The molecule has 0 aliphatic carbocycles. The summed E-state index contributed by atoms with van der Waals surface area (Å²) in [5.74, 6) is -0.811. The largest absolute Gasteiger partial charge is 0.495 e. The fraction of sp³-hybridized carbons (Fsp3) is 0.250. The van der Waals surface area contributed by atoms with E-state index < -0.39 is 12.0 Å². The van der Waals surface area contributed by atoms with Crippen LogP contribution in [0.3, 0.4) is 0 Å². The van der Waals surface area contributed by atoms with Crippen molar-refractivity contribution in [3.8, 4) is 5.75 Å². The second kappa shape index (κ2) is 7.09. The van der Waals surface area contributed by atoms with Gasteiger partial charge in [-0.15, -0.1) is 11.3 Å². The number of amides is 1. The van der Waals surface area contributed by atoms with E-state index >= 15 is 0 Å². The summed E-state index contributed by atoms with van der Waals surface area (Å²) in [7, 11) is 1.49. The number of ether oxygens (including phenoxy) is 1. The molecule has 2 aromatic rings. The van der Waals surface area contributed by atoms with Gasteiger partial charge in [-0.05, 0) is 29.5 Å². The van der Waals surface area contributed by atoms with E-state index in [0.29, 0.717) is 10.6 Å². The Kier molecular flexibility index (Phi) is 5.16. The predicted octanol–water partition coefficient (Wildman–Crippen LogP) is 3.01. The van der Waals surface area contributed by atoms with Crippen LogP contribution in [-0.4, -0.2) is 24.1 Å². The number of aryl methyl sites for hydroxylation is 1. The van der Waals surface area contributed by atoms with Crippen molar-refractivity contribution in [3.05, 3.63) is 51.7 Å². The smallest absolute Gasteiger partial charge is 0.305 e. The molecule has 0 aliphatic heterocycles. The standard InChI is InChI=1S/C16H17NO4S/c1-10-5-3-4-6-11(10)12(9-14(18)19)17-16(20)15-13(21-2)7-8-22-15/h3-8,12H,9H2,1-2H3,(H,17,20)(H,18,19). The van der Waals surface area contributed by atoms with Crippen molar-refractivity contribution in [2.45, 2.75) is 19.4 Å². The van der Waals surface area contributed by atoms with E-state index in [4.69, 9.17) is 9.84 Å². The van der Waals surface area contributed by atoms with E-state index in [9.17, 15) is 9.59 Å². The monoisotopic (exact) mass is 319 g/mol. The van der Waals surface area contributed by atoms with Gasteiger partial charge in [0.25, 0.3) is 5.91 Å². The Balaban J connectivity index is 2.26. The Morgan fingerprint density at radius 2 is 2.05 bits per heavy atom. The molecule has 0 saturated carbocycles. The SMILES string of the molecule is COc1ccsc1C(=O)NC(CC(=O)O)c1ccccc1C. The molecule has 0 aliphatic rings. The van der Waals surface area contributed by atoms with Gasteiger partial charge in [-0.3, -0.25) is 9.59 Å². The Morgan fingerprint density at radius 1 is 1.32 bits per heavy atom. The Bertz CT molecular complexity index is 680. The minimum absolute atomic E-state index is 0.176. The second-order valence-corrected chi connectivity index (χ2v) is 5.71. The molecule has 1 aromatic carbocycles. The molecular formula is C16H17NO4S. The van der Waals surface area contributed by atoms with E-state index in [1.165, 1.54) is 18.4 Å². The maximum absolute atomic E-state index is 12.4. The van der Waals surface area contributed by atoms with Crippen molar-refractivity contribution in [3.63, 3.8) is 0 Å². The first-order valence-corrected chi connectivity index (χ1v) is 7.60. The van der Waals surface area contributed by atoms with Crippen LogP contribution in [0.2, 0.25) is 0 Å². The Morgan fingerprint density at radius 3 is 2.68 bits per heavy atom. The van der Waals surface area contributed by atoms with Crippen molar-refractivity contribution < 1.29 is 19.4 Å². The van der Waals surface area contributed by atoms with Gasteiger partial charge in [0.05, 0.1) is 19.6 Å². The molecule has 5 nitrogen and oxygen atoms in total. The molecule has 6 heteroatoms. The summed E-state index contributed by atoms with van der Waals surface area (Å²) in [6, 6.07) is 8.55. The predicted molar refractivity (Wildman–Crippen MR) is 84.5 cm³/mol. The topological polar surface area (TPSA) is 75.6 Å². The molecule has 22 heavy (non-hydrogen) atoms. The number of hydrogen-bond acceptors (Lipinski definition) is 4. The first-order chi connectivity index (χ1) is 10.5. The zero-order chi connectivity index (χ0) is 16.1. The first-order valence-electron chi connectivity index (χ1n) is 6.72. The van der Waals surface area contributed by atoms with Crippen molar-refractivity contribution in [1.29, 1.82) is 0 Å².